The van der Waals surface area contributed by atoms with Gasteiger partial charge in [-0.1, -0.05) is 23.9 Å². The zero-order chi connectivity index (χ0) is 20.8. The molecule has 2 aromatic carbocycles. The summed E-state index contributed by atoms with van der Waals surface area (Å²) in [6, 6.07) is 13.3. The van der Waals surface area contributed by atoms with Gasteiger partial charge in [-0.05, 0) is 56.2 Å². The molecule has 1 amide bonds. The number of esters is 1. The van der Waals surface area contributed by atoms with Gasteiger partial charge in [0.05, 0.1) is 11.3 Å². The van der Waals surface area contributed by atoms with Gasteiger partial charge in [-0.25, -0.2) is 4.79 Å². The molecule has 5 nitrogen and oxygen atoms in total. The summed E-state index contributed by atoms with van der Waals surface area (Å²) in [6.45, 7) is 2.96. The Morgan fingerprint density at radius 3 is 2.38 bits per heavy atom. The van der Waals surface area contributed by atoms with E-state index in [1.807, 2.05) is 0 Å². The smallest absolute Gasteiger partial charge is 0.341 e. The minimum absolute atomic E-state index is 0.187. The van der Waals surface area contributed by atoms with Gasteiger partial charge < -0.3 is 15.0 Å². The average Bonchev–Trinajstić information content (AvgIpc) is 3.23. The van der Waals surface area contributed by atoms with Gasteiger partial charge in [0.1, 0.15) is 0 Å². The molecule has 0 aromatic heterocycles. The molecule has 0 spiro atoms. The zero-order valence-electron chi connectivity index (χ0n) is 15.9. The third-order valence-corrected chi connectivity index (χ3v) is 5.28. The SMILES string of the molecule is CC(OC(=O)c1ccccc1Nc1ccc(SC(F)F)cc1)C(=O)N1CCCC1. The van der Waals surface area contributed by atoms with E-state index in [0.29, 0.717) is 46.7 Å². The molecule has 1 saturated heterocycles. The van der Waals surface area contributed by atoms with Crippen molar-refractivity contribution in [2.75, 3.05) is 18.4 Å². The highest BCUT2D eigenvalue weighted by molar-refractivity contribution is 7.99. The third-order valence-electron chi connectivity index (χ3n) is 4.55. The number of carbonyl (C=O) groups excluding carboxylic acids is 2. The van der Waals surface area contributed by atoms with E-state index in [1.165, 1.54) is 0 Å². The van der Waals surface area contributed by atoms with Crippen molar-refractivity contribution in [3.05, 3.63) is 54.1 Å². The van der Waals surface area contributed by atoms with E-state index in [4.69, 9.17) is 4.74 Å². The van der Waals surface area contributed by atoms with Crippen molar-refractivity contribution in [2.45, 2.75) is 36.5 Å². The average molecular weight is 420 g/mol. The Labute approximate surface area is 172 Å². The number of hydrogen-bond donors (Lipinski definition) is 1. The molecular weight excluding hydrogens is 398 g/mol. The number of ether oxygens (including phenoxy) is 1. The molecule has 0 radical (unpaired) electrons. The first-order valence-corrected chi connectivity index (χ1v) is 10.2. The molecule has 1 N–H and O–H groups in total. The van der Waals surface area contributed by atoms with Crippen LogP contribution in [0.1, 0.15) is 30.1 Å². The van der Waals surface area contributed by atoms with Crippen LogP contribution in [0.15, 0.2) is 53.4 Å². The Kier molecular flexibility index (Phi) is 7.09. The molecule has 3 rings (SSSR count). The molecule has 1 unspecified atom stereocenters. The van der Waals surface area contributed by atoms with E-state index >= 15 is 0 Å². The third kappa shape index (κ3) is 5.69. The number of likely N-dealkylation sites (tertiary alicyclic amines) is 1. The van der Waals surface area contributed by atoms with Crippen LogP contribution in [0.3, 0.4) is 0 Å². The topological polar surface area (TPSA) is 58.6 Å². The number of halogens is 2. The van der Waals surface area contributed by atoms with Crippen LogP contribution in [-0.2, 0) is 9.53 Å². The number of rotatable bonds is 7. The molecule has 1 aliphatic rings. The van der Waals surface area contributed by atoms with Gasteiger partial charge in [-0.3, -0.25) is 4.79 Å². The maximum atomic E-state index is 12.6. The quantitative estimate of drug-likeness (QED) is 0.509. The normalized spacial score (nSPS) is 14.7. The second-order valence-corrected chi connectivity index (χ2v) is 7.72. The highest BCUT2D eigenvalue weighted by Gasteiger charge is 2.27. The van der Waals surface area contributed by atoms with Gasteiger partial charge in [0.25, 0.3) is 11.7 Å². The number of nitrogens with one attached hydrogen (secondary N) is 1. The van der Waals surface area contributed by atoms with Gasteiger partial charge in [0.2, 0.25) is 0 Å². The summed E-state index contributed by atoms with van der Waals surface area (Å²) in [4.78, 5) is 27.2. The molecule has 0 bridgehead atoms. The van der Waals surface area contributed by atoms with E-state index in [-0.39, 0.29) is 5.91 Å². The minimum atomic E-state index is -2.48. The van der Waals surface area contributed by atoms with Crippen LogP contribution in [0, 0.1) is 0 Å². The predicted molar refractivity (Wildman–Crippen MR) is 109 cm³/mol. The first-order chi connectivity index (χ1) is 13.9. The fourth-order valence-corrected chi connectivity index (χ4v) is 3.61. The lowest BCUT2D eigenvalue weighted by atomic mass is 10.1. The maximum Gasteiger partial charge on any atom is 0.341 e. The van der Waals surface area contributed by atoms with E-state index in [2.05, 4.69) is 5.32 Å². The van der Waals surface area contributed by atoms with E-state index in [9.17, 15) is 18.4 Å². The number of amides is 1. The summed E-state index contributed by atoms with van der Waals surface area (Å²) >= 11 is 0.470. The second kappa shape index (κ2) is 9.73. The van der Waals surface area contributed by atoms with Crippen molar-refractivity contribution in [1.29, 1.82) is 0 Å². The van der Waals surface area contributed by atoms with Crippen molar-refractivity contribution in [2.24, 2.45) is 0 Å². The second-order valence-electron chi connectivity index (χ2n) is 6.65. The molecule has 1 aliphatic heterocycles. The minimum Gasteiger partial charge on any atom is -0.449 e. The van der Waals surface area contributed by atoms with Crippen molar-refractivity contribution < 1.29 is 23.1 Å². The summed E-state index contributed by atoms with van der Waals surface area (Å²) in [5.74, 6) is -3.26. The number of para-hydroxylation sites is 1. The standard InChI is InChI=1S/C21H22F2N2O3S/c1-14(19(26)25-12-4-5-13-25)28-20(27)17-6-2-3-7-18(17)24-15-8-10-16(11-9-15)29-21(22)23/h2-3,6-11,14,21,24H,4-5,12-13H2,1H3. The molecule has 2 aromatic rings. The Bertz CT molecular complexity index is 855. The molecule has 29 heavy (non-hydrogen) atoms. The number of benzene rings is 2. The molecule has 1 heterocycles. The summed E-state index contributed by atoms with van der Waals surface area (Å²) < 4.78 is 30.3. The van der Waals surface area contributed by atoms with Crippen LogP contribution in [0.5, 0.6) is 0 Å². The van der Waals surface area contributed by atoms with Crippen LogP contribution < -0.4 is 5.32 Å². The molecule has 154 valence electrons. The largest absolute Gasteiger partial charge is 0.449 e. The summed E-state index contributed by atoms with van der Waals surface area (Å²) in [5.41, 5.74) is 1.44. The Hall–Kier alpha value is -2.61. The number of thioether (sulfide) groups is 1. The summed E-state index contributed by atoms with van der Waals surface area (Å²) in [7, 11) is 0. The van der Waals surface area contributed by atoms with Crippen LogP contribution in [0.25, 0.3) is 0 Å². The van der Waals surface area contributed by atoms with E-state index in [1.54, 1.807) is 60.4 Å². The summed E-state index contributed by atoms with van der Waals surface area (Å²) in [5, 5.41) is 3.10. The van der Waals surface area contributed by atoms with Crippen LogP contribution in [0.2, 0.25) is 0 Å². The Balaban J connectivity index is 1.67. The molecule has 0 saturated carbocycles. The monoisotopic (exact) mass is 420 g/mol. The predicted octanol–water partition coefficient (Wildman–Crippen LogP) is 4.91. The summed E-state index contributed by atoms with van der Waals surface area (Å²) in [6.07, 6.45) is 1.07. The fourth-order valence-electron chi connectivity index (χ4n) is 3.11. The van der Waals surface area contributed by atoms with E-state index < -0.39 is 17.8 Å². The van der Waals surface area contributed by atoms with Crippen LogP contribution in [-0.4, -0.2) is 41.7 Å². The number of alkyl halides is 2. The van der Waals surface area contributed by atoms with Crippen molar-refractivity contribution >= 4 is 35.0 Å². The first kappa shape index (κ1) is 21.1. The number of hydrogen-bond acceptors (Lipinski definition) is 5. The Morgan fingerprint density at radius 1 is 1.07 bits per heavy atom. The number of carbonyl (C=O) groups is 2. The van der Waals surface area contributed by atoms with Gasteiger partial charge in [-0.15, -0.1) is 0 Å². The lowest BCUT2D eigenvalue weighted by Gasteiger charge is -2.21. The van der Waals surface area contributed by atoms with Gasteiger partial charge in [0.15, 0.2) is 6.10 Å². The molecule has 0 aliphatic carbocycles. The highest BCUT2D eigenvalue weighted by Crippen LogP contribution is 2.28. The maximum absolute atomic E-state index is 12.6. The van der Waals surface area contributed by atoms with Crippen LogP contribution in [0.4, 0.5) is 20.2 Å². The van der Waals surface area contributed by atoms with Gasteiger partial charge in [-0.2, -0.15) is 8.78 Å². The lowest BCUT2D eigenvalue weighted by molar-refractivity contribution is -0.138. The first-order valence-electron chi connectivity index (χ1n) is 9.35. The van der Waals surface area contributed by atoms with Crippen LogP contribution >= 0.6 is 11.8 Å². The molecular formula is C21H22F2N2O3S. The van der Waals surface area contributed by atoms with Crippen molar-refractivity contribution in [3.8, 4) is 0 Å². The molecule has 1 atom stereocenters. The number of anilines is 2. The zero-order valence-corrected chi connectivity index (χ0v) is 16.8. The van der Waals surface area contributed by atoms with E-state index in [0.717, 1.165) is 12.8 Å². The molecule has 1 fully saturated rings. The number of nitrogens with zero attached hydrogens (tertiary/aromatic N) is 1. The Morgan fingerprint density at radius 2 is 1.72 bits per heavy atom. The fraction of sp³-hybridized carbons (Fsp3) is 0.333. The van der Waals surface area contributed by atoms with Gasteiger partial charge >= 0.3 is 5.97 Å². The lowest BCUT2D eigenvalue weighted by Crippen LogP contribution is -2.38. The van der Waals surface area contributed by atoms with Gasteiger partial charge in [0, 0.05) is 23.7 Å². The highest BCUT2D eigenvalue weighted by atomic mass is 32.2. The molecule has 8 heteroatoms. The van der Waals surface area contributed by atoms with Crippen molar-refractivity contribution in [3.63, 3.8) is 0 Å². The van der Waals surface area contributed by atoms with Crippen molar-refractivity contribution in [1.82, 2.24) is 4.90 Å².